The second-order valence-corrected chi connectivity index (χ2v) is 7.51. The van der Waals surface area contributed by atoms with Crippen molar-refractivity contribution in [1.82, 2.24) is 10.1 Å². The Morgan fingerprint density at radius 3 is 2.75 bits per heavy atom. The molecule has 1 saturated heterocycles. The van der Waals surface area contributed by atoms with Gasteiger partial charge in [-0.3, -0.25) is 9.69 Å². The van der Waals surface area contributed by atoms with Gasteiger partial charge in [-0.2, -0.15) is 0 Å². The van der Waals surface area contributed by atoms with Crippen molar-refractivity contribution in [2.24, 2.45) is 0 Å². The van der Waals surface area contributed by atoms with Crippen molar-refractivity contribution in [2.45, 2.75) is 25.9 Å². The number of anilines is 1. The molecule has 3 aromatic rings. The maximum Gasteiger partial charge on any atom is 0.298 e. The van der Waals surface area contributed by atoms with E-state index in [-0.39, 0.29) is 17.8 Å². The van der Waals surface area contributed by atoms with E-state index >= 15 is 0 Å². The number of hydrogen-bond acceptors (Lipinski definition) is 8. The number of amides is 1. The maximum absolute atomic E-state index is 13.2. The molecule has 4 rings (SSSR count). The van der Waals surface area contributed by atoms with Crippen LogP contribution < -0.4 is 14.4 Å². The molecule has 3 heterocycles. The van der Waals surface area contributed by atoms with Crippen LogP contribution in [0.5, 0.6) is 11.5 Å². The topological polar surface area (TPSA) is 86.9 Å². The van der Waals surface area contributed by atoms with Crippen molar-refractivity contribution in [2.75, 3.05) is 32.3 Å². The molecular weight excluding hydrogens is 382 g/mol. The molecule has 1 amide bonds. The van der Waals surface area contributed by atoms with Crippen molar-refractivity contribution in [3.63, 3.8) is 0 Å². The van der Waals surface area contributed by atoms with Crippen LogP contribution in [-0.2, 0) is 4.74 Å². The molecule has 1 atom stereocenters. The molecule has 0 aliphatic carbocycles. The first-order valence-electron chi connectivity index (χ1n) is 8.99. The Morgan fingerprint density at radius 1 is 1.32 bits per heavy atom. The number of nitrogens with zero attached hydrogens (tertiary/aromatic N) is 3. The minimum atomic E-state index is -0.298. The molecule has 0 spiro atoms. The number of carbonyl (C=O) groups is 1. The van der Waals surface area contributed by atoms with E-state index < -0.39 is 0 Å². The zero-order valence-electron chi connectivity index (χ0n) is 15.9. The van der Waals surface area contributed by atoms with E-state index in [2.05, 4.69) is 10.1 Å². The third-order valence-corrected chi connectivity index (χ3v) is 5.72. The van der Waals surface area contributed by atoms with Crippen molar-refractivity contribution < 1.29 is 23.5 Å². The van der Waals surface area contributed by atoms with Gasteiger partial charge in [-0.25, -0.2) is 4.98 Å². The van der Waals surface area contributed by atoms with Crippen molar-refractivity contribution >= 4 is 32.6 Å². The van der Waals surface area contributed by atoms with E-state index in [1.54, 1.807) is 38.2 Å². The van der Waals surface area contributed by atoms with Gasteiger partial charge in [0, 0.05) is 12.7 Å². The number of methoxy groups -OCH3 is 2. The molecule has 0 N–H and O–H groups in total. The van der Waals surface area contributed by atoms with E-state index in [0.29, 0.717) is 41.0 Å². The fourth-order valence-electron chi connectivity index (χ4n) is 3.23. The second kappa shape index (κ2) is 7.76. The second-order valence-electron chi connectivity index (χ2n) is 6.53. The maximum atomic E-state index is 13.2. The lowest BCUT2D eigenvalue weighted by Gasteiger charge is -2.21. The quantitative estimate of drug-likeness (QED) is 0.623. The molecule has 0 saturated carbocycles. The predicted octanol–water partition coefficient (Wildman–Crippen LogP) is 3.44. The van der Waals surface area contributed by atoms with Crippen LogP contribution in [0, 0.1) is 6.92 Å². The molecule has 148 valence electrons. The number of aromatic nitrogens is 2. The molecular formula is C19H21N3O5S. The zero-order valence-corrected chi connectivity index (χ0v) is 16.7. The van der Waals surface area contributed by atoms with Crippen LogP contribution in [0.15, 0.2) is 22.7 Å². The molecule has 1 fully saturated rings. The van der Waals surface area contributed by atoms with Gasteiger partial charge in [-0.05, 0) is 31.9 Å². The highest BCUT2D eigenvalue weighted by molar-refractivity contribution is 7.22. The summed E-state index contributed by atoms with van der Waals surface area (Å²) in [6.45, 7) is 2.87. The molecule has 0 radical (unpaired) electrons. The summed E-state index contributed by atoms with van der Waals surface area (Å²) < 4.78 is 22.7. The Morgan fingerprint density at radius 2 is 2.11 bits per heavy atom. The number of thiazole rings is 1. The lowest BCUT2D eigenvalue weighted by atomic mass is 10.2. The first-order valence-corrected chi connectivity index (χ1v) is 9.80. The number of fused-ring (bicyclic) bond motifs is 1. The molecule has 2 aromatic heterocycles. The average Bonchev–Trinajstić information content (AvgIpc) is 3.45. The standard InChI is InChI=1S/C19H21N3O5S/c1-11-9-15(27-21-11)18(23)22(10-12-5-4-8-26-12)19-20-16-13(24-2)6-7-14(25-3)17(16)28-19/h6-7,9,12H,4-5,8,10H2,1-3H3. The third kappa shape index (κ3) is 3.43. The highest BCUT2D eigenvalue weighted by Crippen LogP contribution is 2.40. The smallest absolute Gasteiger partial charge is 0.298 e. The van der Waals surface area contributed by atoms with E-state index in [9.17, 15) is 4.79 Å². The van der Waals surface area contributed by atoms with E-state index in [1.165, 1.54) is 11.3 Å². The average molecular weight is 403 g/mol. The number of hydrogen-bond donors (Lipinski definition) is 0. The largest absolute Gasteiger partial charge is 0.495 e. The van der Waals surface area contributed by atoms with Gasteiger partial charge in [0.25, 0.3) is 5.91 Å². The van der Waals surface area contributed by atoms with Crippen molar-refractivity contribution in [3.05, 3.63) is 29.7 Å². The molecule has 8 nitrogen and oxygen atoms in total. The third-order valence-electron chi connectivity index (χ3n) is 4.62. The monoisotopic (exact) mass is 403 g/mol. The number of carbonyl (C=O) groups excluding carboxylic acids is 1. The van der Waals surface area contributed by atoms with E-state index in [1.807, 2.05) is 6.07 Å². The van der Waals surface area contributed by atoms with Crippen LogP contribution in [0.25, 0.3) is 10.2 Å². The summed E-state index contributed by atoms with van der Waals surface area (Å²) in [5.74, 6) is 1.18. The summed E-state index contributed by atoms with van der Waals surface area (Å²) in [6, 6.07) is 5.26. The Bertz CT molecular complexity index is 952. The highest BCUT2D eigenvalue weighted by Gasteiger charge is 2.30. The Kier molecular flexibility index (Phi) is 5.19. The van der Waals surface area contributed by atoms with Gasteiger partial charge in [-0.15, -0.1) is 0 Å². The minimum Gasteiger partial charge on any atom is -0.495 e. The molecule has 28 heavy (non-hydrogen) atoms. The Labute approximate surface area is 166 Å². The zero-order chi connectivity index (χ0) is 19.7. The van der Waals surface area contributed by atoms with Crippen LogP contribution in [0.1, 0.15) is 29.1 Å². The summed E-state index contributed by atoms with van der Waals surface area (Å²) >= 11 is 1.37. The Balaban J connectivity index is 1.77. The minimum absolute atomic E-state index is 0.0382. The lowest BCUT2D eigenvalue weighted by Crippen LogP contribution is -2.37. The summed E-state index contributed by atoms with van der Waals surface area (Å²) in [4.78, 5) is 19.5. The van der Waals surface area contributed by atoms with Crippen LogP contribution in [0.3, 0.4) is 0 Å². The summed E-state index contributed by atoms with van der Waals surface area (Å²) in [5, 5.41) is 4.37. The van der Waals surface area contributed by atoms with E-state index in [4.69, 9.17) is 18.7 Å². The number of ether oxygens (including phenoxy) is 3. The predicted molar refractivity (Wildman–Crippen MR) is 105 cm³/mol. The molecule has 1 aliphatic rings. The summed E-state index contributed by atoms with van der Waals surface area (Å²) in [5.41, 5.74) is 1.30. The molecule has 1 unspecified atom stereocenters. The van der Waals surface area contributed by atoms with Gasteiger partial charge >= 0.3 is 0 Å². The fourth-order valence-corrected chi connectivity index (χ4v) is 4.31. The van der Waals surface area contributed by atoms with E-state index in [0.717, 1.165) is 17.5 Å². The van der Waals surface area contributed by atoms with Crippen molar-refractivity contribution in [1.29, 1.82) is 0 Å². The van der Waals surface area contributed by atoms with Crippen LogP contribution in [0.2, 0.25) is 0 Å². The number of aryl methyl sites for hydroxylation is 1. The lowest BCUT2D eigenvalue weighted by molar-refractivity contribution is 0.0887. The van der Waals surface area contributed by atoms with Gasteiger partial charge in [-0.1, -0.05) is 16.5 Å². The van der Waals surface area contributed by atoms with Gasteiger partial charge in [0.15, 0.2) is 5.13 Å². The van der Waals surface area contributed by atoms with Gasteiger partial charge in [0.2, 0.25) is 5.76 Å². The highest BCUT2D eigenvalue weighted by atomic mass is 32.1. The van der Waals surface area contributed by atoms with Crippen LogP contribution in [0.4, 0.5) is 5.13 Å². The van der Waals surface area contributed by atoms with Gasteiger partial charge in [0.05, 0.1) is 32.6 Å². The Hall–Kier alpha value is -2.65. The molecule has 0 bridgehead atoms. The SMILES string of the molecule is COc1ccc(OC)c2sc(N(CC3CCCO3)C(=O)c3cc(C)no3)nc12. The number of benzene rings is 1. The van der Waals surface area contributed by atoms with Gasteiger partial charge in [0.1, 0.15) is 21.7 Å². The first kappa shape index (κ1) is 18.7. The summed E-state index contributed by atoms with van der Waals surface area (Å²) in [7, 11) is 3.19. The normalized spacial score (nSPS) is 16.5. The molecule has 1 aromatic carbocycles. The number of rotatable bonds is 6. The first-order chi connectivity index (χ1) is 13.6. The fraction of sp³-hybridized carbons (Fsp3) is 0.421. The van der Waals surface area contributed by atoms with Crippen LogP contribution in [-0.4, -0.2) is 49.5 Å². The van der Waals surface area contributed by atoms with Gasteiger partial charge < -0.3 is 18.7 Å². The van der Waals surface area contributed by atoms with Crippen molar-refractivity contribution in [3.8, 4) is 11.5 Å². The molecule has 1 aliphatic heterocycles. The van der Waals surface area contributed by atoms with Crippen LogP contribution >= 0.6 is 11.3 Å². The summed E-state index contributed by atoms with van der Waals surface area (Å²) in [6.07, 6.45) is 1.84. The molecule has 9 heteroatoms.